The molecular weight excluding hydrogens is 378 g/mol. The summed E-state index contributed by atoms with van der Waals surface area (Å²) in [6.45, 7) is 7.09. The number of fused-ring (bicyclic) bond motifs is 3. The lowest BCUT2D eigenvalue weighted by molar-refractivity contribution is -0.149. The molecule has 2 heterocycles. The van der Waals surface area contributed by atoms with Crippen molar-refractivity contribution >= 4 is 17.7 Å². The molecule has 1 saturated heterocycles. The van der Waals surface area contributed by atoms with Gasteiger partial charge in [-0.25, -0.2) is 0 Å². The monoisotopic (exact) mass is 417 g/mol. The summed E-state index contributed by atoms with van der Waals surface area (Å²) in [5.74, 6) is 0.0294. The SMILES string of the molecule is COC(=O)[C@@H]1CCCCC=CCCCC[C@H](C)C(=O)N2C[C@H]3[C@@H]([C@H]2C(=O)C1)C3(C)C. The Morgan fingerprint density at radius 1 is 1.07 bits per heavy atom. The van der Waals surface area contributed by atoms with Crippen LogP contribution in [0.5, 0.6) is 0 Å². The van der Waals surface area contributed by atoms with Crippen molar-refractivity contribution in [1.82, 2.24) is 4.90 Å². The van der Waals surface area contributed by atoms with Crippen LogP contribution in [0.15, 0.2) is 12.2 Å². The van der Waals surface area contributed by atoms with Crippen LogP contribution in [0.2, 0.25) is 0 Å². The highest BCUT2D eigenvalue weighted by Crippen LogP contribution is 2.65. The zero-order valence-corrected chi connectivity index (χ0v) is 19.2. The molecule has 3 rings (SSSR count). The molecule has 1 saturated carbocycles. The number of esters is 1. The second kappa shape index (κ2) is 9.65. The molecule has 5 nitrogen and oxygen atoms in total. The Morgan fingerprint density at radius 3 is 2.33 bits per heavy atom. The summed E-state index contributed by atoms with van der Waals surface area (Å²) in [5, 5.41) is 0. The number of rotatable bonds is 1. The number of allylic oxidation sites excluding steroid dienone is 2. The number of nitrogens with zero attached hydrogens (tertiary/aromatic N) is 1. The van der Waals surface area contributed by atoms with Crippen molar-refractivity contribution in [2.24, 2.45) is 29.1 Å². The van der Waals surface area contributed by atoms with Crippen molar-refractivity contribution in [1.29, 1.82) is 0 Å². The second-order valence-electron chi connectivity index (χ2n) is 10.2. The van der Waals surface area contributed by atoms with Crippen LogP contribution in [-0.2, 0) is 19.1 Å². The third-order valence-electron chi connectivity index (χ3n) is 7.82. The molecule has 2 fully saturated rings. The Labute approximate surface area is 181 Å². The first-order valence-corrected chi connectivity index (χ1v) is 11.8. The van der Waals surface area contributed by atoms with Crippen LogP contribution in [0.1, 0.15) is 78.6 Å². The third-order valence-corrected chi connectivity index (χ3v) is 7.82. The molecule has 30 heavy (non-hydrogen) atoms. The van der Waals surface area contributed by atoms with Crippen molar-refractivity contribution in [2.45, 2.75) is 84.6 Å². The number of amides is 1. The molecule has 0 unspecified atom stereocenters. The van der Waals surface area contributed by atoms with Crippen molar-refractivity contribution in [3.8, 4) is 0 Å². The summed E-state index contributed by atoms with van der Waals surface area (Å²) in [4.78, 5) is 40.9. The first-order chi connectivity index (χ1) is 14.3. The molecule has 0 aromatic heterocycles. The molecule has 5 heteroatoms. The number of ether oxygens (including phenoxy) is 1. The zero-order chi connectivity index (χ0) is 21.9. The van der Waals surface area contributed by atoms with Gasteiger partial charge in [0, 0.05) is 18.9 Å². The summed E-state index contributed by atoms with van der Waals surface area (Å²) in [6, 6.07) is -0.371. The van der Waals surface area contributed by atoms with Crippen LogP contribution in [0.25, 0.3) is 0 Å². The maximum atomic E-state index is 13.4. The molecule has 0 aromatic rings. The summed E-state index contributed by atoms with van der Waals surface area (Å²) in [7, 11) is 1.39. The highest BCUT2D eigenvalue weighted by Gasteiger charge is 2.69. The number of hydrogen-bond donors (Lipinski definition) is 0. The minimum atomic E-state index is -0.405. The van der Waals surface area contributed by atoms with Gasteiger partial charge in [-0.15, -0.1) is 0 Å². The van der Waals surface area contributed by atoms with Gasteiger partial charge in [-0.3, -0.25) is 14.4 Å². The first-order valence-electron chi connectivity index (χ1n) is 11.8. The van der Waals surface area contributed by atoms with Crippen molar-refractivity contribution in [3.05, 3.63) is 12.2 Å². The van der Waals surface area contributed by atoms with Gasteiger partial charge in [-0.1, -0.05) is 45.8 Å². The second-order valence-corrected chi connectivity index (χ2v) is 10.2. The molecular formula is C25H39NO4. The maximum Gasteiger partial charge on any atom is 0.309 e. The maximum absolute atomic E-state index is 13.4. The topological polar surface area (TPSA) is 63.7 Å². The van der Waals surface area contributed by atoms with E-state index in [-0.39, 0.29) is 47.4 Å². The standard InChI is InChI=1S/C25H39NO4/c1-17-13-11-9-7-5-6-8-10-12-14-18(24(29)30-4)15-20(27)22-21-19(25(21,2)3)16-26(22)23(17)28/h5-6,17-19,21-22H,7-16H2,1-4H3/t17-,18+,19-,21-,22+/m0/s1. The van der Waals surface area contributed by atoms with E-state index in [0.29, 0.717) is 18.9 Å². The van der Waals surface area contributed by atoms with Crippen molar-refractivity contribution in [3.63, 3.8) is 0 Å². The fourth-order valence-corrected chi connectivity index (χ4v) is 5.72. The Kier molecular flexibility index (Phi) is 7.41. The minimum absolute atomic E-state index is 0.0493. The number of Topliss-reactive ketones (excluding diaryl/α,β-unsaturated/α-hetero) is 1. The normalized spacial score (nSPS) is 35.3. The van der Waals surface area contributed by atoms with Gasteiger partial charge in [-0.2, -0.15) is 0 Å². The number of ketones is 1. The summed E-state index contributed by atoms with van der Waals surface area (Å²) < 4.78 is 5.00. The first kappa shape index (κ1) is 23.0. The van der Waals surface area contributed by atoms with E-state index in [9.17, 15) is 14.4 Å². The van der Waals surface area contributed by atoms with E-state index in [1.165, 1.54) is 7.11 Å². The van der Waals surface area contributed by atoms with Crippen molar-refractivity contribution in [2.75, 3.05) is 13.7 Å². The molecule has 2 aliphatic heterocycles. The molecule has 0 N–H and O–H groups in total. The average Bonchev–Trinajstić information content (AvgIpc) is 3.06. The molecule has 3 aliphatic rings. The fourth-order valence-electron chi connectivity index (χ4n) is 5.72. The van der Waals surface area contributed by atoms with Crippen molar-refractivity contribution < 1.29 is 19.1 Å². The van der Waals surface area contributed by atoms with Crippen LogP contribution in [-0.4, -0.2) is 42.3 Å². The molecule has 0 spiro atoms. The Bertz CT molecular complexity index is 683. The van der Waals surface area contributed by atoms with Gasteiger partial charge in [0.1, 0.15) is 0 Å². The van der Waals surface area contributed by atoms with Crippen LogP contribution < -0.4 is 0 Å². The summed E-state index contributed by atoms with van der Waals surface area (Å²) in [6.07, 6.45) is 12.3. The molecule has 0 bridgehead atoms. The molecule has 5 atom stereocenters. The largest absolute Gasteiger partial charge is 0.469 e. The van der Waals surface area contributed by atoms with E-state index in [4.69, 9.17) is 4.74 Å². The van der Waals surface area contributed by atoms with Gasteiger partial charge < -0.3 is 9.64 Å². The van der Waals surface area contributed by atoms with E-state index in [1.807, 2.05) is 11.8 Å². The van der Waals surface area contributed by atoms with Crippen LogP contribution in [0.4, 0.5) is 0 Å². The lowest BCUT2D eigenvalue weighted by atomic mass is 9.89. The zero-order valence-electron chi connectivity index (χ0n) is 19.2. The lowest BCUT2D eigenvalue weighted by Crippen LogP contribution is -2.48. The smallest absolute Gasteiger partial charge is 0.309 e. The van der Waals surface area contributed by atoms with E-state index < -0.39 is 5.92 Å². The molecule has 1 aliphatic carbocycles. The molecule has 0 aromatic carbocycles. The van der Waals surface area contributed by atoms with Crippen LogP contribution >= 0.6 is 0 Å². The molecule has 1 amide bonds. The number of hydrogen-bond acceptors (Lipinski definition) is 4. The minimum Gasteiger partial charge on any atom is -0.469 e. The fraction of sp³-hybridized carbons (Fsp3) is 0.800. The van der Waals surface area contributed by atoms with Gasteiger partial charge in [0.2, 0.25) is 5.91 Å². The molecule has 0 radical (unpaired) electrons. The van der Waals surface area contributed by atoms with Gasteiger partial charge in [-0.05, 0) is 55.8 Å². The average molecular weight is 418 g/mol. The predicted molar refractivity (Wildman–Crippen MR) is 117 cm³/mol. The summed E-state index contributed by atoms with van der Waals surface area (Å²) >= 11 is 0. The van der Waals surface area contributed by atoms with E-state index in [0.717, 1.165) is 44.9 Å². The van der Waals surface area contributed by atoms with Crippen LogP contribution in [0.3, 0.4) is 0 Å². The number of piperidine rings is 1. The van der Waals surface area contributed by atoms with E-state index in [1.54, 1.807) is 0 Å². The Morgan fingerprint density at radius 2 is 1.70 bits per heavy atom. The van der Waals surface area contributed by atoms with Gasteiger partial charge in [0.15, 0.2) is 5.78 Å². The number of carbonyl (C=O) groups is 3. The molecule has 168 valence electrons. The highest BCUT2D eigenvalue weighted by atomic mass is 16.5. The number of methoxy groups -OCH3 is 1. The van der Waals surface area contributed by atoms with E-state index >= 15 is 0 Å². The van der Waals surface area contributed by atoms with Gasteiger partial charge in [0.25, 0.3) is 0 Å². The lowest BCUT2D eigenvalue weighted by Gasteiger charge is -2.32. The van der Waals surface area contributed by atoms with Gasteiger partial charge >= 0.3 is 5.97 Å². The van der Waals surface area contributed by atoms with E-state index in [2.05, 4.69) is 26.0 Å². The Balaban J connectivity index is 1.79. The Hall–Kier alpha value is -1.65. The van der Waals surface area contributed by atoms with Crippen LogP contribution in [0, 0.1) is 29.1 Å². The predicted octanol–water partition coefficient (Wildman–Crippen LogP) is 4.54. The highest BCUT2D eigenvalue weighted by molar-refractivity contribution is 5.93. The third kappa shape index (κ3) is 4.81. The van der Waals surface area contributed by atoms with Gasteiger partial charge in [0.05, 0.1) is 19.1 Å². The quantitative estimate of drug-likeness (QED) is 0.464. The number of carbonyl (C=O) groups excluding carboxylic acids is 3. The summed E-state index contributed by atoms with van der Waals surface area (Å²) in [5.41, 5.74) is 0.103.